The second-order valence-electron chi connectivity index (χ2n) is 5.67. The fraction of sp³-hybridized carbons (Fsp3) is 1.00. The summed E-state index contributed by atoms with van der Waals surface area (Å²) in [4.78, 5) is 0. The van der Waals surface area contributed by atoms with E-state index in [-0.39, 0.29) is 11.5 Å². The van der Waals surface area contributed by atoms with Crippen LogP contribution in [-0.2, 0) is 4.74 Å². The van der Waals surface area contributed by atoms with Gasteiger partial charge in [-0.15, -0.1) is 0 Å². The standard InChI is InChI=1S/C13H26O2/c1-5-11(14)9-15-12-10(2)7-6-8-13(12,3)4/h10-12,14H,5-9H2,1-4H3. The van der Waals surface area contributed by atoms with Crippen molar-refractivity contribution in [3.05, 3.63) is 0 Å². The highest BCUT2D eigenvalue weighted by Crippen LogP contribution is 2.40. The Morgan fingerprint density at radius 2 is 2.13 bits per heavy atom. The number of rotatable bonds is 4. The van der Waals surface area contributed by atoms with E-state index in [1.165, 1.54) is 19.3 Å². The number of hydrogen-bond acceptors (Lipinski definition) is 2. The van der Waals surface area contributed by atoms with Gasteiger partial charge in [-0.25, -0.2) is 0 Å². The van der Waals surface area contributed by atoms with Gasteiger partial charge in [0.05, 0.1) is 18.8 Å². The first-order valence-corrected chi connectivity index (χ1v) is 6.27. The molecule has 2 nitrogen and oxygen atoms in total. The molecule has 0 aromatic carbocycles. The zero-order chi connectivity index (χ0) is 11.5. The van der Waals surface area contributed by atoms with Gasteiger partial charge in [-0.05, 0) is 30.6 Å². The third-order valence-electron chi connectivity index (χ3n) is 3.71. The Hall–Kier alpha value is -0.0800. The first kappa shape index (κ1) is 13.0. The van der Waals surface area contributed by atoms with Gasteiger partial charge < -0.3 is 9.84 Å². The molecule has 1 N–H and O–H groups in total. The number of aliphatic hydroxyl groups excluding tert-OH is 1. The Balaban J connectivity index is 2.48. The van der Waals surface area contributed by atoms with E-state index in [0.29, 0.717) is 18.6 Å². The molecule has 0 amide bonds. The topological polar surface area (TPSA) is 29.5 Å². The van der Waals surface area contributed by atoms with Crippen LogP contribution >= 0.6 is 0 Å². The molecule has 3 unspecified atom stereocenters. The second-order valence-corrected chi connectivity index (χ2v) is 5.67. The minimum absolute atomic E-state index is 0.269. The Kier molecular flexibility index (Phi) is 4.60. The average molecular weight is 214 g/mol. The summed E-state index contributed by atoms with van der Waals surface area (Å²) in [5.41, 5.74) is 0.269. The number of aliphatic hydroxyl groups is 1. The maximum absolute atomic E-state index is 9.52. The Morgan fingerprint density at radius 3 is 2.67 bits per heavy atom. The van der Waals surface area contributed by atoms with E-state index in [9.17, 15) is 5.11 Å². The molecule has 2 heteroatoms. The van der Waals surface area contributed by atoms with E-state index in [0.717, 1.165) is 6.42 Å². The lowest BCUT2D eigenvalue weighted by Crippen LogP contribution is -2.42. The third kappa shape index (κ3) is 3.46. The highest BCUT2D eigenvalue weighted by atomic mass is 16.5. The van der Waals surface area contributed by atoms with Crippen LogP contribution in [0.3, 0.4) is 0 Å². The minimum Gasteiger partial charge on any atom is -0.391 e. The average Bonchev–Trinajstić information content (AvgIpc) is 2.15. The predicted molar refractivity (Wildman–Crippen MR) is 62.8 cm³/mol. The first-order valence-electron chi connectivity index (χ1n) is 6.27. The second kappa shape index (κ2) is 5.31. The van der Waals surface area contributed by atoms with Crippen molar-refractivity contribution in [1.29, 1.82) is 0 Å². The van der Waals surface area contributed by atoms with Gasteiger partial charge in [0.2, 0.25) is 0 Å². The van der Waals surface area contributed by atoms with Crippen LogP contribution in [0.2, 0.25) is 0 Å². The normalized spacial score (nSPS) is 32.6. The molecule has 0 bridgehead atoms. The van der Waals surface area contributed by atoms with Crippen molar-refractivity contribution in [1.82, 2.24) is 0 Å². The van der Waals surface area contributed by atoms with Crippen LogP contribution < -0.4 is 0 Å². The maximum Gasteiger partial charge on any atom is 0.0771 e. The van der Waals surface area contributed by atoms with Gasteiger partial charge in [0.15, 0.2) is 0 Å². The van der Waals surface area contributed by atoms with Crippen LogP contribution in [0.4, 0.5) is 0 Å². The monoisotopic (exact) mass is 214 g/mol. The molecule has 15 heavy (non-hydrogen) atoms. The molecule has 1 fully saturated rings. The van der Waals surface area contributed by atoms with Gasteiger partial charge in [-0.2, -0.15) is 0 Å². The first-order chi connectivity index (χ1) is 6.97. The van der Waals surface area contributed by atoms with Crippen LogP contribution in [0.5, 0.6) is 0 Å². The number of ether oxygens (including phenoxy) is 1. The highest BCUT2D eigenvalue weighted by Gasteiger charge is 2.37. The van der Waals surface area contributed by atoms with Crippen molar-refractivity contribution in [2.24, 2.45) is 11.3 Å². The summed E-state index contributed by atoms with van der Waals surface area (Å²) in [6, 6.07) is 0. The summed E-state index contributed by atoms with van der Waals surface area (Å²) in [6.07, 6.45) is 4.61. The van der Waals surface area contributed by atoms with Gasteiger partial charge in [0.1, 0.15) is 0 Å². The van der Waals surface area contributed by atoms with Crippen LogP contribution in [0.15, 0.2) is 0 Å². The van der Waals surface area contributed by atoms with E-state index in [4.69, 9.17) is 4.74 Å². The third-order valence-corrected chi connectivity index (χ3v) is 3.71. The molecule has 1 saturated carbocycles. The Morgan fingerprint density at radius 1 is 1.47 bits per heavy atom. The zero-order valence-electron chi connectivity index (χ0n) is 10.6. The van der Waals surface area contributed by atoms with Crippen molar-refractivity contribution >= 4 is 0 Å². The molecule has 3 atom stereocenters. The fourth-order valence-electron chi connectivity index (χ4n) is 2.67. The van der Waals surface area contributed by atoms with Crippen LogP contribution in [-0.4, -0.2) is 23.9 Å². The van der Waals surface area contributed by atoms with Gasteiger partial charge >= 0.3 is 0 Å². The van der Waals surface area contributed by atoms with Crippen molar-refractivity contribution in [2.45, 2.75) is 65.6 Å². The molecule has 1 aliphatic rings. The smallest absolute Gasteiger partial charge is 0.0771 e. The molecule has 1 aliphatic carbocycles. The molecular weight excluding hydrogens is 188 g/mol. The number of hydrogen-bond donors (Lipinski definition) is 1. The summed E-state index contributed by atoms with van der Waals surface area (Å²) < 4.78 is 5.91. The van der Waals surface area contributed by atoms with Gasteiger partial charge in [0.25, 0.3) is 0 Å². The molecule has 0 saturated heterocycles. The van der Waals surface area contributed by atoms with Crippen LogP contribution in [0.1, 0.15) is 53.4 Å². The fourth-order valence-corrected chi connectivity index (χ4v) is 2.67. The van der Waals surface area contributed by atoms with E-state index in [1.807, 2.05) is 6.92 Å². The molecular formula is C13H26O2. The molecule has 0 aliphatic heterocycles. The van der Waals surface area contributed by atoms with Crippen molar-refractivity contribution in [3.8, 4) is 0 Å². The molecule has 0 aromatic rings. The zero-order valence-corrected chi connectivity index (χ0v) is 10.6. The quantitative estimate of drug-likeness (QED) is 0.779. The van der Waals surface area contributed by atoms with Crippen molar-refractivity contribution in [2.75, 3.05) is 6.61 Å². The Labute approximate surface area is 94.0 Å². The highest BCUT2D eigenvalue weighted by molar-refractivity contribution is 4.87. The lowest BCUT2D eigenvalue weighted by atomic mass is 9.70. The molecule has 0 aromatic heterocycles. The maximum atomic E-state index is 9.52. The largest absolute Gasteiger partial charge is 0.391 e. The summed E-state index contributed by atoms with van der Waals surface area (Å²) in [5.74, 6) is 0.623. The summed E-state index contributed by atoms with van der Waals surface area (Å²) in [6.45, 7) is 9.32. The van der Waals surface area contributed by atoms with E-state index in [2.05, 4.69) is 20.8 Å². The Bertz CT molecular complexity index is 189. The molecule has 0 radical (unpaired) electrons. The summed E-state index contributed by atoms with van der Waals surface area (Å²) >= 11 is 0. The van der Waals surface area contributed by atoms with Crippen LogP contribution in [0, 0.1) is 11.3 Å². The van der Waals surface area contributed by atoms with E-state index < -0.39 is 0 Å². The lowest BCUT2D eigenvalue weighted by Gasteiger charge is -2.42. The van der Waals surface area contributed by atoms with Crippen molar-refractivity contribution < 1.29 is 9.84 Å². The molecule has 1 rings (SSSR count). The van der Waals surface area contributed by atoms with Crippen LogP contribution in [0.25, 0.3) is 0 Å². The predicted octanol–water partition coefficient (Wildman–Crippen LogP) is 2.99. The lowest BCUT2D eigenvalue weighted by molar-refractivity contribution is -0.104. The minimum atomic E-state index is -0.296. The van der Waals surface area contributed by atoms with E-state index >= 15 is 0 Å². The van der Waals surface area contributed by atoms with E-state index in [1.54, 1.807) is 0 Å². The molecule has 90 valence electrons. The molecule has 0 heterocycles. The molecule has 0 spiro atoms. The van der Waals surface area contributed by atoms with Crippen molar-refractivity contribution in [3.63, 3.8) is 0 Å². The van der Waals surface area contributed by atoms with Gasteiger partial charge in [-0.3, -0.25) is 0 Å². The van der Waals surface area contributed by atoms with Gasteiger partial charge in [-0.1, -0.05) is 34.1 Å². The SMILES string of the molecule is CCC(O)COC1C(C)CCCC1(C)C. The summed E-state index contributed by atoms with van der Waals surface area (Å²) in [5, 5.41) is 9.52. The van der Waals surface area contributed by atoms with Gasteiger partial charge in [0, 0.05) is 0 Å². The summed E-state index contributed by atoms with van der Waals surface area (Å²) in [7, 11) is 0.